The predicted molar refractivity (Wildman–Crippen MR) is 70.3 cm³/mol. The highest BCUT2D eigenvalue weighted by Gasteiger charge is 2.21. The van der Waals surface area contributed by atoms with Crippen LogP contribution in [-0.4, -0.2) is 40.0 Å². The molecular formula is C14H28O4. The Bertz CT molecular complexity index is 159. The highest BCUT2D eigenvalue weighted by Crippen LogP contribution is 2.29. The average Bonchev–Trinajstić information content (AvgIpc) is 2.41. The molecule has 0 N–H and O–H groups in total. The third-order valence-electron chi connectivity index (χ3n) is 3.42. The van der Waals surface area contributed by atoms with Gasteiger partial charge in [0.25, 0.3) is 0 Å². The Morgan fingerprint density at radius 3 is 1.39 bits per heavy atom. The fourth-order valence-corrected chi connectivity index (χ4v) is 2.28. The Kier molecular flexibility index (Phi) is 9.48. The number of hydrogen-bond acceptors (Lipinski definition) is 4. The second-order valence-corrected chi connectivity index (χ2v) is 4.85. The van der Waals surface area contributed by atoms with E-state index in [1.807, 2.05) is 13.8 Å². The van der Waals surface area contributed by atoms with Gasteiger partial charge < -0.3 is 18.9 Å². The van der Waals surface area contributed by atoms with Crippen molar-refractivity contribution in [3.63, 3.8) is 0 Å². The van der Waals surface area contributed by atoms with Gasteiger partial charge in [0, 0.05) is 13.2 Å². The van der Waals surface area contributed by atoms with E-state index in [9.17, 15) is 0 Å². The topological polar surface area (TPSA) is 36.9 Å². The summed E-state index contributed by atoms with van der Waals surface area (Å²) in [4.78, 5) is 0. The van der Waals surface area contributed by atoms with E-state index in [-0.39, 0.29) is 0 Å². The van der Waals surface area contributed by atoms with Crippen molar-refractivity contribution in [2.75, 3.05) is 40.0 Å². The quantitative estimate of drug-likeness (QED) is 0.447. The molecule has 0 amide bonds. The van der Waals surface area contributed by atoms with Crippen LogP contribution in [0.15, 0.2) is 0 Å². The van der Waals surface area contributed by atoms with Crippen LogP contribution in [0.3, 0.4) is 0 Å². The summed E-state index contributed by atoms with van der Waals surface area (Å²) in [5, 5.41) is 0. The molecule has 0 radical (unpaired) electrons. The van der Waals surface area contributed by atoms with Crippen molar-refractivity contribution in [3.05, 3.63) is 0 Å². The number of rotatable bonds is 10. The molecule has 1 saturated carbocycles. The van der Waals surface area contributed by atoms with E-state index in [1.54, 1.807) is 0 Å². The molecule has 0 bridgehead atoms. The largest absolute Gasteiger partial charge is 0.356 e. The van der Waals surface area contributed by atoms with E-state index in [2.05, 4.69) is 0 Å². The first-order valence-corrected chi connectivity index (χ1v) is 7.17. The van der Waals surface area contributed by atoms with Crippen LogP contribution < -0.4 is 0 Å². The number of ether oxygens (including phenoxy) is 4. The second kappa shape index (κ2) is 10.7. The maximum atomic E-state index is 5.49. The summed E-state index contributed by atoms with van der Waals surface area (Å²) >= 11 is 0. The first-order valence-electron chi connectivity index (χ1n) is 7.17. The zero-order valence-corrected chi connectivity index (χ0v) is 11.9. The van der Waals surface area contributed by atoms with E-state index in [1.165, 1.54) is 25.7 Å². The summed E-state index contributed by atoms with van der Waals surface area (Å²) in [7, 11) is 0. The molecular weight excluding hydrogens is 232 g/mol. The van der Waals surface area contributed by atoms with Crippen LogP contribution in [0.2, 0.25) is 0 Å². The zero-order chi connectivity index (χ0) is 13.1. The zero-order valence-electron chi connectivity index (χ0n) is 11.9. The van der Waals surface area contributed by atoms with E-state index >= 15 is 0 Å². The molecule has 1 aliphatic carbocycles. The number of hydrogen-bond donors (Lipinski definition) is 0. The smallest absolute Gasteiger partial charge is 0.146 e. The van der Waals surface area contributed by atoms with Crippen LogP contribution in [0.25, 0.3) is 0 Å². The minimum atomic E-state index is 0.438. The van der Waals surface area contributed by atoms with Crippen LogP contribution in [-0.2, 0) is 18.9 Å². The van der Waals surface area contributed by atoms with Crippen molar-refractivity contribution in [2.45, 2.75) is 39.5 Å². The molecule has 0 aromatic heterocycles. The predicted octanol–water partition coefficient (Wildman–Crippen LogP) is 2.81. The third-order valence-corrected chi connectivity index (χ3v) is 3.42. The van der Waals surface area contributed by atoms with Crippen molar-refractivity contribution in [3.8, 4) is 0 Å². The van der Waals surface area contributed by atoms with Gasteiger partial charge in [-0.1, -0.05) is 0 Å². The Balaban J connectivity index is 1.95. The monoisotopic (exact) mass is 260 g/mol. The Morgan fingerprint density at radius 2 is 1.06 bits per heavy atom. The molecule has 1 rings (SSSR count). The SMILES string of the molecule is CCOCOCC1CCC(COCOCC)CC1. The molecule has 4 heteroatoms. The van der Waals surface area contributed by atoms with Gasteiger partial charge in [-0.3, -0.25) is 0 Å². The summed E-state index contributed by atoms with van der Waals surface area (Å²) < 4.78 is 21.3. The van der Waals surface area contributed by atoms with Gasteiger partial charge in [-0.25, -0.2) is 0 Å². The molecule has 0 saturated heterocycles. The van der Waals surface area contributed by atoms with E-state index in [0.29, 0.717) is 25.4 Å². The van der Waals surface area contributed by atoms with Crippen LogP contribution in [0.5, 0.6) is 0 Å². The average molecular weight is 260 g/mol. The van der Waals surface area contributed by atoms with Crippen LogP contribution in [0.1, 0.15) is 39.5 Å². The molecule has 1 fully saturated rings. The molecule has 0 spiro atoms. The highest BCUT2D eigenvalue weighted by molar-refractivity contribution is 4.71. The molecule has 0 unspecified atom stereocenters. The van der Waals surface area contributed by atoms with Gasteiger partial charge in [-0.2, -0.15) is 0 Å². The summed E-state index contributed by atoms with van der Waals surface area (Å²) in [6.45, 7) is 7.97. The fourth-order valence-electron chi connectivity index (χ4n) is 2.28. The van der Waals surface area contributed by atoms with Gasteiger partial charge >= 0.3 is 0 Å². The van der Waals surface area contributed by atoms with Crippen molar-refractivity contribution in [1.29, 1.82) is 0 Å². The first-order chi connectivity index (χ1) is 8.86. The molecule has 0 atom stereocenters. The van der Waals surface area contributed by atoms with E-state index < -0.39 is 0 Å². The molecule has 1 aliphatic rings. The minimum absolute atomic E-state index is 0.438. The molecule has 4 nitrogen and oxygen atoms in total. The second-order valence-electron chi connectivity index (χ2n) is 4.85. The summed E-state index contributed by atoms with van der Waals surface area (Å²) in [5.74, 6) is 1.40. The van der Waals surface area contributed by atoms with Crippen LogP contribution in [0.4, 0.5) is 0 Å². The fraction of sp³-hybridized carbons (Fsp3) is 1.00. The van der Waals surface area contributed by atoms with Crippen LogP contribution >= 0.6 is 0 Å². The standard InChI is InChI=1S/C14H28O4/c1-3-15-11-17-9-13-5-7-14(8-6-13)10-18-12-16-4-2/h13-14H,3-12H2,1-2H3. The minimum Gasteiger partial charge on any atom is -0.356 e. The Labute approximate surface area is 111 Å². The van der Waals surface area contributed by atoms with Gasteiger partial charge in [0.2, 0.25) is 0 Å². The lowest BCUT2D eigenvalue weighted by atomic mass is 9.83. The molecule has 18 heavy (non-hydrogen) atoms. The summed E-state index contributed by atoms with van der Waals surface area (Å²) in [6, 6.07) is 0. The lowest BCUT2D eigenvalue weighted by molar-refractivity contribution is -0.0754. The van der Waals surface area contributed by atoms with Gasteiger partial charge in [-0.05, 0) is 51.4 Å². The summed E-state index contributed by atoms with van der Waals surface area (Å²) in [6.07, 6.45) is 4.98. The van der Waals surface area contributed by atoms with Crippen molar-refractivity contribution >= 4 is 0 Å². The molecule has 0 aromatic carbocycles. The van der Waals surface area contributed by atoms with Crippen molar-refractivity contribution in [1.82, 2.24) is 0 Å². The van der Waals surface area contributed by atoms with E-state index in [4.69, 9.17) is 18.9 Å². The maximum Gasteiger partial charge on any atom is 0.146 e. The van der Waals surface area contributed by atoms with Crippen LogP contribution in [0, 0.1) is 11.8 Å². The third kappa shape index (κ3) is 7.31. The molecule has 0 heterocycles. The molecule has 0 aromatic rings. The van der Waals surface area contributed by atoms with Crippen molar-refractivity contribution < 1.29 is 18.9 Å². The van der Waals surface area contributed by atoms with E-state index in [0.717, 1.165) is 26.4 Å². The first kappa shape index (κ1) is 15.9. The van der Waals surface area contributed by atoms with Gasteiger partial charge in [0.15, 0.2) is 0 Å². The highest BCUT2D eigenvalue weighted by atomic mass is 16.7. The molecule has 108 valence electrons. The molecule has 0 aliphatic heterocycles. The maximum absolute atomic E-state index is 5.49. The Morgan fingerprint density at radius 1 is 0.667 bits per heavy atom. The summed E-state index contributed by atoms with van der Waals surface area (Å²) in [5.41, 5.74) is 0. The normalized spacial score (nSPS) is 24.3. The Hall–Kier alpha value is -0.160. The lowest BCUT2D eigenvalue weighted by Gasteiger charge is -2.28. The lowest BCUT2D eigenvalue weighted by Crippen LogP contribution is -2.22. The van der Waals surface area contributed by atoms with Gasteiger partial charge in [-0.15, -0.1) is 0 Å². The van der Waals surface area contributed by atoms with Gasteiger partial charge in [0.1, 0.15) is 13.6 Å². The van der Waals surface area contributed by atoms with Gasteiger partial charge in [0.05, 0.1) is 13.2 Å². The van der Waals surface area contributed by atoms with Crippen molar-refractivity contribution in [2.24, 2.45) is 11.8 Å².